The van der Waals surface area contributed by atoms with Crippen LogP contribution in [0.15, 0.2) is 12.4 Å². The lowest BCUT2D eigenvalue weighted by Crippen LogP contribution is -2.52. The monoisotopic (exact) mass is 192 g/mol. The van der Waals surface area contributed by atoms with E-state index in [9.17, 15) is 0 Å². The van der Waals surface area contributed by atoms with Crippen molar-refractivity contribution in [3.05, 3.63) is 18.1 Å². The van der Waals surface area contributed by atoms with Crippen molar-refractivity contribution in [3.8, 4) is 0 Å². The second-order valence-electron chi connectivity index (χ2n) is 3.55. The molecule has 0 aliphatic carbocycles. The van der Waals surface area contributed by atoms with Crippen molar-refractivity contribution in [2.75, 3.05) is 18.0 Å². The van der Waals surface area contributed by atoms with Crippen LogP contribution < -0.4 is 10.6 Å². The molecule has 2 rings (SSSR count). The van der Waals surface area contributed by atoms with Crippen LogP contribution in [0, 0.1) is 0 Å². The molecule has 2 heterocycles. The highest BCUT2D eigenvalue weighted by Gasteiger charge is 2.29. The predicted octanol–water partition coefficient (Wildman–Crippen LogP) is 0.576. The van der Waals surface area contributed by atoms with Crippen LogP contribution in [0.3, 0.4) is 0 Å². The number of aryl methyl sites for hydroxylation is 1. The Morgan fingerprint density at radius 2 is 2.29 bits per heavy atom. The van der Waals surface area contributed by atoms with Crippen molar-refractivity contribution in [1.29, 1.82) is 0 Å². The van der Waals surface area contributed by atoms with Crippen LogP contribution >= 0.6 is 0 Å². The van der Waals surface area contributed by atoms with Gasteiger partial charge in [-0.15, -0.1) is 0 Å². The van der Waals surface area contributed by atoms with Gasteiger partial charge in [0, 0.05) is 31.5 Å². The Balaban J connectivity index is 2.22. The van der Waals surface area contributed by atoms with E-state index in [2.05, 4.69) is 21.8 Å². The first-order valence-electron chi connectivity index (χ1n) is 5.13. The first kappa shape index (κ1) is 9.40. The van der Waals surface area contributed by atoms with Crippen molar-refractivity contribution in [3.63, 3.8) is 0 Å². The molecule has 1 unspecified atom stereocenters. The summed E-state index contributed by atoms with van der Waals surface area (Å²) in [4.78, 5) is 11.0. The lowest BCUT2D eigenvalue weighted by atomic mass is 10.0. The van der Waals surface area contributed by atoms with E-state index in [1.54, 1.807) is 12.4 Å². The van der Waals surface area contributed by atoms with E-state index in [1.165, 1.54) is 6.42 Å². The molecule has 1 aromatic rings. The first-order chi connectivity index (χ1) is 6.86. The Morgan fingerprint density at radius 1 is 1.50 bits per heavy atom. The normalized spacial score (nSPS) is 20.7. The summed E-state index contributed by atoms with van der Waals surface area (Å²) in [6.45, 7) is 3.87. The summed E-state index contributed by atoms with van der Waals surface area (Å²) >= 11 is 0. The number of hydrogen-bond acceptors (Lipinski definition) is 4. The van der Waals surface area contributed by atoms with Crippen molar-refractivity contribution < 1.29 is 0 Å². The number of nitrogens with zero attached hydrogens (tertiary/aromatic N) is 3. The zero-order valence-corrected chi connectivity index (χ0v) is 8.48. The molecule has 1 atom stereocenters. The molecular formula is C10H16N4. The Morgan fingerprint density at radius 3 is 2.86 bits per heavy atom. The van der Waals surface area contributed by atoms with Gasteiger partial charge < -0.3 is 10.6 Å². The van der Waals surface area contributed by atoms with Crippen molar-refractivity contribution in [2.24, 2.45) is 5.73 Å². The van der Waals surface area contributed by atoms with Gasteiger partial charge in [0.15, 0.2) is 5.82 Å². The zero-order chi connectivity index (χ0) is 9.97. The summed E-state index contributed by atoms with van der Waals surface area (Å²) in [5.41, 5.74) is 6.74. The zero-order valence-electron chi connectivity index (χ0n) is 8.48. The molecule has 0 aromatic carbocycles. The minimum Gasteiger partial charge on any atom is -0.351 e. The minimum atomic E-state index is 0.469. The fraction of sp³-hybridized carbons (Fsp3) is 0.600. The molecule has 4 heteroatoms. The summed E-state index contributed by atoms with van der Waals surface area (Å²) in [6.07, 6.45) is 5.60. The molecule has 1 saturated heterocycles. The number of anilines is 1. The maximum Gasteiger partial charge on any atom is 0.150 e. The third kappa shape index (κ3) is 1.46. The van der Waals surface area contributed by atoms with E-state index in [0.717, 1.165) is 24.5 Å². The van der Waals surface area contributed by atoms with Crippen LogP contribution in [0.2, 0.25) is 0 Å². The van der Waals surface area contributed by atoms with Crippen LogP contribution in [0.25, 0.3) is 0 Å². The smallest absolute Gasteiger partial charge is 0.150 e. The third-order valence-corrected chi connectivity index (χ3v) is 2.77. The molecule has 1 aliphatic rings. The molecule has 76 valence electrons. The van der Waals surface area contributed by atoms with Crippen molar-refractivity contribution >= 4 is 5.82 Å². The molecule has 0 bridgehead atoms. The van der Waals surface area contributed by atoms with Gasteiger partial charge in [-0.2, -0.15) is 0 Å². The van der Waals surface area contributed by atoms with Gasteiger partial charge in [0.05, 0.1) is 5.69 Å². The van der Waals surface area contributed by atoms with E-state index in [1.807, 2.05) is 0 Å². The number of hydrogen-bond donors (Lipinski definition) is 1. The number of rotatable bonds is 3. The fourth-order valence-corrected chi connectivity index (χ4v) is 1.81. The van der Waals surface area contributed by atoms with Gasteiger partial charge in [0.1, 0.15) is 0 Å². The lowest BCUT2D eigenvalue weighted by molar-refractivity contribution is 0.449. The average molecular weight is 192 g/mol. The summed E-state index contributed by atoms with van der Waals surface area (Å²) in [5.74, 6) is 1.02. The molecule has 1 fully saturated rings. The standard InChI is InChI=1S/C10H16N4/c1-2-9-10(13-5-4-12-9)14-6-3-8(14)7-11/h4-5,8H,2-3,6-7,11H2,1H3. The Labute approximate surface area is 84.2 Å². The second kappa shape index (κ2) is 3.92. The fourth-order valence-electron chi connectivity index (χ4n) is 1.81. The Kier molecular flexibility index (Phi) is 2.63. The maximum absolute atomic E-state index is 5.66. The van der Waals surface area contributed by atoms with Gasteiger partial charge >= 0.3 is 0 Å². The highest BCUT2D eigenvalue weighted by atomic mass is 15.3. The van der Waals surface area contributed by atoms with E-state index >= 15 is 0 Å². The Bertz CT molecular complexity index is 311. The highest BCUT2D eigenvalue weighted by Crippen LogP contribution is 2.25. The molecule has 0 amide bonds. The van der Waals surface area contributed by atoms with E-state index in [0.29, 0.717) is 12.6 Å². The van der Waals surface area contributed by atoms with Gasteiger partial charge in [-0.3, -0.25) is 4.98 Å². The van der Waals surface area contributed by atoms with Crippen LogP contribution in [0.5, 0.6) is 0 Å². The molecular weight excluding hydrogens is 176 g/mol. The molecule has 4 nitrogen and oxygen atoms in total. The van der Waals surface area contributed by atoms with Gasteiger partial charge in [-0.25, -0.2) is 4.98 Å². The average Bonchev–Trinajstić information content (AvgIpc) is 2.18. The summed E-state index contributed by atoms with van der Waals surface area (Å²) in [7, 11) is 0. The summed E-state index contributed by atoms with van der Waals surface area (Å²) in [6, 6.07) is 0.469. The van der Waals surface area contributed by atoms with Crippen LogP contribution in [-0.2, 0) is 6.42 Å². The van der Waals surface area contributed by atoms with E-state index in [4.69, 9.17) is 5.73 Å². The molecule has 0 saturated carbocycles. The second-order valence-corrected chi connectivity index (χ2v) is 3.55. The van der Waals surface area contributed by atoms with Crippen LogP contribution in [-0.4, -0.2) is 29.1 Å². The van der Waals surface area contributed by atoms with Gasteiger partial charge in [-0.05, 0) is 12.8 Å². The molecule has 14 heavy (non-hydrogen) atoms. The Hall–Kier alpha value is -1.16. The van der Waals surface area contributed by atoms with Gasteiger partial charge in [0.2, 0.25) is 0 Å². The summed E-state index contributed by atoms with van der Waals surface area (Å²) < 4.78 is 0. The maximum atomic E-state index is 5.66. The SMILES string of the molecule is CCc1nccnc1N1CCC1CN. The van der Waals surface area contributed by atoms with Crippen molar-refractivity contribution in [2.45, 2.75) is 25.8 Å². The molecule has 0 spiro atoms. The van der Waals surface area contributed by atoms with Gasteiger partial charge in [-0.1, -0.05) is 6.92 Å². The number of nitrogens with two attached hydrogens (primary N) is 1. The number of aromatic nitrogens is 2. The lowest BCUT2D eigenvalue weighted by Gasteiger charge is -2.41. The summed E-state index contributed by atoms with van der Waals surface area (Å²) in [5, 5.41) is 0. The molecule has 2 N–H and O–H groups in total. The quantitative estimate of drug-likeness (QED) is 0.761. The largest absolute Gasteiger partial charge is 0.351 e. The van der Waals surface area contributed by atoms with E-state index in [-0.39, 0.29) is 0 Å². The molecule has 0 radical (unpaired) electrons. The van der Waals surface area contributed by atoms with Crippen LogP contribution in [0.4, 0.5) is 5.82 Å². The van der Waals surface area contributed by atoms with Crippen LogP contribution in [0.1, 0.15) is 19.0 Å². The first-order valence-corrected chi connectivity index (χ1v) is 5.13. The topological polar surface area (TPSA) is 55.0 Å². The molecule has 1 aliphatic heterocycles. The molecule has 1 aromatic heterocycles. The predicted molar refractivity (Wildman–Crippen MR) is 56.2 cm³/mol. The van der Waals surface area contributed by atoms with Crippen molar-refractivity contribution in [1.82, 2.24) is 9.97 Å². The van der Waals surface area contributed by atoms with E-state index < -0.39 is 0 Å². The third-order valence-electron chi connectivity index (χ3n) is 2.77. The highest BCUT2D eigenvalue weighted by molar-refractivity contribution is 5.47. The van der Waals surface area contributed by atoms with Gasteiger partial charge in [0.25, 0.3) is 0 Å². The minimum absolute atomic E-state index is 0.469.